The topological polar surface area (TPSA) is 62.7 Å². The van der Waals surface area contributed by atoms with Crippen molar-refractivity contribution in [3.8, 4) is 0 Å². The average Bonchev–Trinajstić information content (AvgIpc) is 2.17. The van der Waals surface area contributed by atoms with Crippen LogP contribution in [0.5, 0.6) is 0 Å². The van der Waals surface area contributed by atoms with E-state index >= 15 is 0 Å². The standard InChI is InChI=1S/C11H21N5/c1-5-12-10-14-9(7-8(3)4)15-11(16-10)13-6-2/h8H,5-7H2,1-4H3,(H2,12,13,14,15,16). The van der Waals surface area contributed by atoms with Crippen molar-refractivity contribution >= 4 is 11.9 Å². The molecule has 0 aliphatic carbocycles. The molecule has 0 saturated carbocycles. The zero-order chi connectivity index (χ0) is 12.0. The zero-order valence-corrected chi connectivity index (χ0v) is 10.5. The highest BCUT2D eigenvalue weighted by Crippen LogP contribution is 2.09. The first-order chi connectivity index (χ1) is 7.65. The minimum absolute atomic E-state index is 0.548. The Morgan fingerprint density at radius 3 is 1.81 bits per heavy atom. The van der Waals surface area contributed by atoms with Gasteiger partial charge in [-0.2, -0.15) is 15.0 Å². The van der Waals surface area contributed by atoms with Crippen molar-refractivity contribution in [2.45, 2.75) is 34.1 Å². The maximum absolute atomic E-state index is 4.37. The van der Waals surface area contributed by atoms with Crippen LogP contribution in [0.2, 0.25) is 0 Å². The lowest BCUT2D eigenvalue weighted by molar-refractivity contribution is 0.619. The third kappa shape index (κ3) is 4.00. The lowest BCUT2D eigenvalue weighted by atomic mass is 10.1. The molecular formula is C11H21N5. The fourth-order valence-corrected chi connectivity index (χ4v) is 1.35. The maximum Gasteiger partial charge on any atom is 0.227 e. The Hall–Kier alpha value is -1.39. The average molecular weight is 223 g/mol. The summed E-state index contributed by atoms with van der Waals surface area (Å²) in [5.41, 5.74) is 0. The number of aromatic nitrogens is 3. The molecule has 0 unspecified atom stereocenters. The SMILES string of the molecule is CCNc1nc(CC(C)C)nc(NCC)n1. The molecule has 5 nitrogen and oxygen atoms in total. The van der Waals surface area contributed by atoms with Gasteiger partial charge in [-0.15, -0.1) is 0 Å². The number of rotatable bonds is 6. The van der Waals surface area contributed by atoms with Crippen molar-refractivity contribution in [1.29, 1.82) is 0 Å². The Morgan fingerprint density at radius 1 is 0.938 bits per heavy atom. The van der Waals surface area contributed by atoms with Crippen molar-refractivity contribution in [1.82, 2.24) is 15.0 Å². The number of hydrogen-bond donors (Lipinski definition) is 2. The van der Waals surface area contributed by atoms with Gasteiger partial charge in [0.2, 0.25) is 11.9 Å². The molecule has 0 fully saturated rings. The first kappa shape index (κ1) is 12.7. The van der Waals surface area contributed by atoms with Crippen molar-refractivity contribution in [3.05, 3.63) is 5.82 Å². The summed E-state index contributed by atoms with van der Waals surface area (Å²) >= 11 is 0. The second kappa shape index (κ2) is 6.25. The van der Waals surface area contributed by atoms with Gasteiger partial charge in [-0.25, -0.2) is 0 Å². The molecule has 0 radical (unpaired) electrons. The minimum atomic E-state index is 0.548. The van der Waals surface area contributed by atoms with E-state index in [1.165, 1.54) is 0 Å². The summed E-state index contributed by atoms with van der Waals surface area (Å²) in [4.78, 5) is 13.0. The highest BCUT2D eigenvalue weighted by molar-refractivity contribution is 5.34. The zero-order valence-electron chi connectivity index (χ0n) is 10.5. The number of anilines is 2. The van der Waals surface area contributed by atoms with Crippen LogP contribution in [0.4, 0.5) is 11.9 Å². The molecule has 1 aromatic heterocycles. The molecule has 0 aliphatic rings. The number of nitrogens with zero attached hydrogens (tertiary/aromatic N) is 3. The molecule has 16 heavy (non-hydrogen) atoms. The second-order valence-corrected chi connectivity index (χ2v) is 4.06. The molecule has 0 amide bonds. The van der Waals surface area contributed by atoms with Crippen LogP contribution in [-0.2, 0) is 6.42 Å². The summed E-state index contributed by atoms with van der Waals surface area (Å²) in [6.07, 6.45) is 0.874. The van der Waals surface area contributed by atoms with E-state index in [0.29, 0.717) is 17.8 Å². The summed E-state index contributed by atoms with van der Waals surface area (Å²) in [5, 5.41) is 6.24. The van der Waals surface area contributed by atoms with E-state index in [0.717, 1.165) is 25.3 Å². The van der Waals surface area contributed by atoms with Gasteiger partial charge in [-0.1, -0.05) is 13.8 Å². The van der Waals surface area contributed by atoms with E-state index in [1.54, 1.807) is 0 Å². The van der Waals surface area contributed by atoms with Crippen LogP contribution in [0, 0.1) is 5.92 Å². The quantitative estimate of drug-likeness (QED) is 0.771. The lowest BCUT2D eigenvalue weighted by Gasteiger charge is -2.09. The van der Waals surface area contributed by atoms with Gasteiger partial charge in [-0.3, -0.25) is 0 Å². The summed E-state index contributed by atoms with van der Waals surface area (Å²) in [7, 11) is 0. The number of hydrogen-bond acceptors (Lipinski definition) is 5. The molecule has 0 atom stereocenters. The molecule has 1 rings (SSSR count). The summed E-state index contributed by atoms with van der Waals surface area (Å²) in [6, 6.07) is 0. The molecule has 90 valence electrons. The monoisotopic (exact) mass is 223 g/mol. The van der Waals surface area contributed by atoms with Crippen molar-refractivity contribution in [2.75, 3.05) is 23.7 Å². The van der Waals surface area contributed by atoms with Crippen molar-refractivity contribution in [3.63, 3.8) is 0 Å². The van der Waals surface area contributed by atoms with Gasteiger partial charge in [-0.05, 0) is 19.8 Å². The number of nitrogens with one attached hydrogen (secondary N) is 2. The molecule has 0 aliphatic heterocycles. The van der Waals surface area contributed by atoms with Crippen LogP contribution in [0.3, 0.4) is 0 Å². The highest BCUT2D eigenvalue weighted by Gasteiger charge is 2.06. The van der Waals surface area contributed by atoms with E-state index in [2.05, 4.69) is 39.4 Å². The summed E-state index contributed by atoms with van der Waals surface area (Å²) in [6.45, 7) is 10.00. The molecule has 5 heteroatoms. The Kier molecular flexibility index (Phi) is 4.95. The van der Waals surface area contributed by atoms with Gasteiger partial charge < -0.3 is 10.6 Å². The van der Waals surface area contributed by atoms with Crippen molar-refractivity contribution < 1.29 is 0 Å². The summed E-state index contributed by atoms with van der Waals surface area (Å²) < 4.78 is 0. The minimum Gasteiger partial charge on any atom is -0.354 e. The Morgan fingerprint density at radius 2 is 1.44 bits per heavy atom. The lowest BCUT2D eigenvalue weighted by Crippen LogP contribution is -2.12. The summed E-state index contributed by atoms with van der Waals surface area (Å²) in [5.74, 6) is 2.71. The van der Waals surface area contributed by atoms with Gasteiger partial charge in [0.25, 0.3) is 0 Å². The van der Waals surface area contributed by atoms with E-state index < -0.39 is 0 Å². The highest BCUT2D eigenvalue weighted by atomic mass is 15.2. The van der Waals surface area contributed by atoms with Gasteiger partial charge in [0.05, 0.1) is 0 Å². The molecule has 2 N–H and O–H groups in total. The first-order valence-corrected chi connectivity index (χ1v) is 5.88. The molecule has 1 heterocycles. The van der Waals surface area contributed by atoms with E-state index in [-0.39, 0.29) is 0 Å². The van der Waals surface area contributed by atoms with Gasteiger partial charge in [0, 0.05) is 19.5 Å². The van der Waals surface area contributed by atoms with Crippen LogP contribution in [0.1, 0.15) is 33.5 Å². The Balaban J connectivity index is 2.88. The Labute approximate surface area is 97.1 Å². The molecule has 0 bridgehead atoms. The van der Waals surface area contributed by atoms with Gasteiger partial charge in [0.1, 0.15) is 5.82 Å². The van der Waals surface area contributed by atoms with E-state index in [9.17, 15) is 0 Å². The predicted molar refractivity (Wildman–Crippen MR) is 66.7 cm³/mol. The van der Waals surface area contributed by atoms with Crippen LogP contribution < -0.4 is 10.6 Å². The van der Waals surface area contributed by atoms with Crippen molar-refractivity contribution in [2.24, 2.45) is 5.92 Å². The maximum atomic E-state index is 4.37. The molecule has 0 spiro atoms. The normalized spacial score (nSPS) is 10.6. The molecule has 0 saturated heterocycles. The third-order valence-corrected chi connectivity index (χ3v) is 1.94. The fraction of sp³-hybridized carbons (Fsp3) is 0.727. The smallest absolute Gasteiger partial charge is 0.227 e. The molecular weight excluding hydrogens is 202 g/mol. The molecule has 1 aromatic rings. The largest absolute Gasteiger partial charge is 0.354 e. The van der Waals surface area contributed by atoms with Gasteiger partial charge in [0.15, 0.2) is 0 Å². The van der Waals surface area contributed by atoms with Crippen LogP contribution in [0.15, 0.2) is 0 Å². The van der Waals surface area contributed by atoms with Gasteiger partial charge >= 0.3 is 0 Å². The van der Waals surface area contributed by atoms with E-state index in [4.69, 9.17) is 0 Å². The fourth-order valence-electron chi connectivity index (χ4n) is 1.35. The first-order valence-electron chi connectivity index (χ1n) is 5.88. The third-order valence-electron chi connectivity index (χ3n) is 1.94. The van der Waals surface area contributed by atoms with E-state index in [1.807, 2.05) is 13.8 Å². The van der Waals surface area contributed by atoms with Crippen LogP contribution in [-0.4, -0.2) is 28.0 Å². The second-order valence-electron chi connectivity index (χ2n) is 4.06. The Bertz CT molecular complexity index is 300. The van der Waals surface area contributed by atoms with Crippen LogP contribution in [0.25, 0.3) is 0 Å². The predicted octanol–water partition coefficient (Wildman–Crippen LogP) is 1.93. The van der Waals surface area contributed by atoms with Crippen LogP contribution >= 0.6 is 0 Å². The molecule has 0 aromatic carbocycles.